The minimum Gasteiger partial charge on any atom is -0.224 e. The van der Waals surface area contributed by atoms with Crippen molar-refractivity contribution in [2.75, 3.05) is 6.26 Å². The van der Waals surface area contributed by atoms with Crippen LogP contribution < -0.4 is 0 Å². The lowest BCUT2D eigenvalue weighted by Crippen LogP contribution is -2.04. The molecule has 17 heavy (non-hydrogen) atoms. The fraction of sp³-hybridized carbons (Fsp3) is 0.538. The summed E-state index contributed by atoms with van der Waals surface area (Å²) in [6, 6.07) is 3.88. The lowest BCUT2D eigenvalue weighted by atomic mass is 10.0. The van der Waals surface area contributed by atoms with E-state index in [9.17, 15) is 12.8 Å². The van der Waals surface area contributed by atoms with Gasteiger partial charge in [-0.05, 0) is 23.6 Å². The van der Waals surface area contributed by atoms with E-state index < -0.39 is 15.7 Å². The zero-order chi connectivity index (χ0) is 13.6. The maximum Gasteiger partial charge on any atom is 0.175 e. The van der Waals surface area contributed by atoms with Crippen molar-refractivity contribution in [1.82, 2.24) is 0 Å². The first-order chi connectivity index (χ1) is 7.73. The molecule has 1 aromatic carbocycles. The minimum atomic E-state index is -3.34. The normalized spacial score (nSPS) is 11.0. The molecule has 0 aliphatic rings. The largest absolute Gasteiger partial charge is 0.224 e. The molecule has 2 nitrogen and oxygen atoms in total. The van der Waals surface area contributed by atoms with Crippen LogP contribution in [0, 0.1) is 5.82 Å². The first-order valence-corrected chi connectivity index (χ1v) is 7.62. The number of halogens is 1. The summed E-state index contributed by atoms with van der Waals surface area (Å²) in [5.41, 5.74) is 0.661. The van der Waals surface area contributed by atoms with E-state index in [0.717, 1.165) is 12.3 Å². The lowest BCUT2D eigenvalue weighted by molar-refractivity contribution is 0.592. The molecule has 0 amide bonds. The Labute approximate surface area is 104 Å². The van der Waals surface area contributed by atoms with E-state index in [0.29, 0.717) is 5.56 Å². The van der Waals surface area contributed by atoms with Gasteiger partial charge in [0.15, 0.2) is 9.84 Å². The molecule has 4 heteroatoms. The van der Waals surface area contributed by atoms with Crippen LogP contribution in [0.25, 0.3) is 0 Å². The number of hydrogen-bond acceptors (Lipinski definition) is 2. The molecule has 0 bridgehead atoms. The van der Waals surface area contributed by atoms with Gasteiger partial charge >= 0.3 is 0 Å². The van der Waals surface area contributed by atoms with Crippen LogP contribution in [0.4, 0.5) is 4.39 Å². The Kier molecular flexibility index (Phi) is 6.39. The molecular formula is C13H21FO2S. The monoisotopic (exact) mass is 260 g/mol. The highest BCUT2D eigenvalue weighted by molar-refractivity contribution is 7.90. The van der Waals surface area contributed by atoms with E-state index in [1.165, 1.54) is 18.6 Å². The third kappa shape index (κ3) is 5.31. The van der Waals surface area contributed by atoms with Crippen LogP contribution in [-0.4, -0.2) is 14.7 Å². The van der Waals surface area contributed by atoms with Gasteiger partial charge in [0, 0.05) is 6.26 Å². The summed E-state index contributed by atoms with van der Waals surface area (Å²) >= 11 is 0. The van der Waals surface area contributed by atoms with Crippen molar-refractivity contribution in [2.24, 2.45) is 0 Å². The zero-order valence-electron chi connectivity index (χ0n) is 11.1. The number of benzene rings is 1. The lowest BCUT2D eigenvalue weighted by Gasteiger charge is -2.10. The minimum absolute atomic E-state index is 0.0697. The molecule has 1 aromatic rings. The summed E-state index contributed by atoms with van der Waals surface area (Å²) < 4.78 is 35.6. The van der Waals surface area contributed by atoms with Gasteiger partial charge in [0.2, 0.25) is 0 Å². The van der Waals surface area contributed by atoms with Crippen molar-refractivity contribution in [3.8, 4) is 0 Å². The van der Waals surface area contributed by atoms with E-state index in [4.69, 9.17) is 0 Å². The number of sulfone groups is 1. The first kappa shape index (κ1) is 16.1. The van der Waals surface area contributed by atoms with Crippen LogP contribution in [0.15, 0.2) is 23.1 Å². The van der Waals surface area contributed by atoms with Crippen molar-refractivity contribution in [3.63, 3.8) is 0 Å². The van der Waals surface area contributed by atoms with Crippen molar-refractivity contribution < 1.29 is 12.8 Å². The second kappa shape index (κ2) is 6.74. The van der Waals surface area contributed by atoms with Gasteiger partial charge in [0.05, 0.1) is 4.90 Å². The summed E-state index contributed by atoms with van der Waals surface area (Å²) in [6.07, 6.45) is 2.34. The van der Waals surface area contributed by atoms with Gasteiger partial charge in [-0.25, -0.2) is 12.8 Å². The Balaban J connectivity index is 0.000000770. The van der Waals surface area contributed by atoms with Crippen LogP contribution in [0.3, 0.4) is 0 Å². The molecule has 0 saturated carbocycles. The van der Waals surface area contributed by atoms with Crippen molar-refractivity contribution >= 4 is 9.84 Å². The van der Waals surface area contributed by atoms with Gasteiger partial charge in [-0.3, -0.25) is 0 Å². The van der Waals surface area contributed by atoms with E-state index in [1.54, 1.807) is 0 Å². The van der Waals surface area contributed by atoms with Crippen LogP contribution in [-0.2, 0) is 9.84 Å². The van der Waals surface area contributed by atoms with Crippen molar-refractivity contribution in [1.29, 1.82) is 0 Å². The molecule has 1 rings (SSSR count). The highest BCUT2D eigenvalue weighted by atomic mass is 32.2. The predicted octanol–water partition coefficient (Wildman–Crippen LogP) is 3.77. The SMILES string of the molecule is CC(C)c1ccc(F)cc1S(C)(=O)=O.CCC. The third-order valence-corrected chi connectivity index (χ3v) is 3.15. The summed E-state index contributed by atoms with van der Waals surface area (Å²) in [5.74, 6) is -0.449. The summed E-state index contributed by atoms with van der Waals surface area (Å²) in [7, 11) is -3.34. The molecule has 0 atom stereocenters. The van der Waals surface area contributed by atoms with Gasteiger partial charge in [-0.2, -0.15) is 0 Å². The second-order valence-electron chi connectivity index (χ2n) is 4.32. The average molecular weight is 260 g/mol. The van der Waals surface area contributed by atoms with Gasteiger partial charge in [0.25, 0.3) is 0 Å². The predicted molar refractivity (Wildman–Crippen MR) is 69.6 cm³/mol. The smallest absolute Gasteiger partial charge is 0.175 e. The molecule has 0 fully saturated rings. The molecule has 0 N–H and O–H groups in total. The van der Waals surface area contributed by atoms with Crippen LogP contribution in [0.1, 0.15) is 45.6 Å². The molecular weight excluding hydrogens is 239 g/mol. The Morgan fingerprint density at radius 2 is 1.71 bits per heavy atom. The molecule has 0 radical (unpaired) electrons. The van der Waals surface area contributed by atoms with Crippen LogP contribution in [0.5, 0.6) is 0 Å². The second-order valence-corrected chi connectivity index (χ2v) is 6.30. The van der Waals surface area contributed by atoms with Gasteiger partial charge in [0.1, 0.15) is 5.82 Å². The summed E-state index contributed by atoms with van der Waals surface area (Å²) in [6.45, 7) is 8.00. The number of rotatable bonds is 2. The quantitative estimate of drug-likeness (QED) is 0.811. The van der Waals surface area contributed by atoms with Gasteiger partial charge in [-0.15, -0.1) is 0 Å². The Hall–Kier alpha value is -0.900. The molecule has 0 aromatic heterocycles. The summed E-state index contributed by atoms with van der Waals surface area (Å²) in [4.78, 5) is 0.0903. The average Bonchev–Trinajstić information content (AvgIpc) is 2.16. The molecule has 0 aliphatic carbocycles. The third-order valence-electron chi connectivity index (χ3n) is 2.00. The molecule has 0 unspecified atom stereocenters. The Morgan fingerprint density at radius 1 is 1.24 bits per heavy atom. The van der Waals surface area contributed by atoms with E-state index >= 15 is 0 Å². The van der Waals surface area contributed by atoms with Crippen LogP contribution >= 0.6 is 0 Å². The maximum absolute atomic E-state index is 12.9. The zero-order valence-corrected chi connectivity index (χ0v) is 11.9. The van der Waals surface area contributed by atoms with Crippen molar-refractivity contribution in [2.45, 2.75) is 44.9 Å². The Bertz CT molecular complexity index is 450. The summed E-state index contributed by atoms with van der Waals surface area (Å²) in [5, 5.41) is 0. The molecule has 0 heterocycles. The highest BCUT2D eigenvalue weighted by Gasteiger charge is 2.16. The maximum atomic E-state index is 12.9. The highest BCUT2D eigenvalue weighted by Crippen LogP contribution is 2.24. The van der Waals surface area contributed by atoms with E-state index in [1.807, 2.05) is 13.8 Å². The Morgan fingerprint density at radius 3 is 2.06 bits per heavy atom. The standard InChI is InChI=1S/C10H13FO2S.C3H8/c1-7(2)9-5-4-8(11)6-10(9)14(3,12)13;1-3-2/h4-7H,1-3H3;3H2,1-2H3. The van der Waals surface area contributed by atoms with E-state index in [2.05, 4.69) is 13.8 Å². The molecule has 0 spiro atoms. The topological polar surface area (TPSA) is 34.1 Å². The van der Waals surface area contributed by atoms with Gasteiger partial charge < -0.3 is 0 Å². The molecule has 98 valence electrons. The fourth-order valence-corrected chi connectivity index (χ4v) is 2.36. The van der Waals surface area contributed by atoms with Gasteiger partial charge in [-0.1, -0.05) is 40.2 Å². The first-order valence-electron chi connectivity index (χ1n) is 5.73. The molecule has 0 aliphatic heterocycles. The fourth-order valence-electron chi connectivity index (χ4n) is 1.31. The van der Waals surface area contributed by atoms with Crippen LogP contribution in [0.2, 0.25) is 0 Å². The molecule has 0 saturated heterocycles. The number of hydrogen-bond donors (Lipinski definition) is 0. The van der Waals surface area contributed by atoms with Crippen molar-refractivity contribution in [3.05, 3.63) is 29.6 Å². The van der Waals surface area contributed by atoms with E-state index in [-0.39, 0.29) is 10.8 Å².